The van der Waals surface area contributed by atoms with Gasteiger partial charge >= 0.3 is 0 Å². The maximum Gasteiger partial charge on any atom is 0.167 e. The number of nitrogens with one attached hydrogen (secondary N) is 1. The lowest BCUT2D eigenvalue weighted by atomic mass is 10.2. The standard InChI is InChI=1S/C8H12N2O2/c1-6-4-7(12-10-6)8-5-9-2-3-11-8/h4,8-9H,2-3,5H2,1H3. The molecular weight excluding hydrogens is 156 g/mol. The van der Waals surface area contributed by atoms with Gasteiger partial charge in [-0.3, -0.25) is 0 Å². The van der Waals surface area contributed by atoms with Gasteiger partial charge in [-0.2, -0.15) is 0 Å². The Bertz CT molecular complexity index is 253. The van der Waals surface area contributed by atoms with E-state index < -0.39 is 0 Å². The van der Waals surface area contributed by atoms with Crippen LogP contribution >= 0.6 is 0 Å². The van der Waals surface area contributed by atoms with Crippen LogP contribution < -0.4 is 5.32 Å². The van der Waals surface area contributed by atoms with Gasteiger partial charge in [0.15, 0.2) is 5.76 Å². The third kappa shape index (κ3) is 1.49. The molecule has 1 unspecified atom stereocenters. The molecule has 66 valence electrons. The molecule has 0 amide bonds. The minimum Gasteiger partial charge on any atom is -0.367 e. The fourth-order valence-electron chi connectivity index (χ4n) is 1.28. The van der Waals surface area contributed by atoms with Gasteiger partial charge in [-0.15, -0.1) is 0 Å². The molecular formula is C8H12N2O2. The highest BCUT2D eigenvalue weighted by Gasteiger charge is 2.19. The fraction of sp³-hybridized carbons (Fsp3) is 0.625. The van der Waals surface area contributed by atoms with Crippen molar-refractivity contribution in [3.8, 4) is 0 Å². The van der Waals surface area contributed by atoms with Gasteiger partial charge in [0.25, 0.3) is 0 Å². The Morgan fingerprint density at radius 1 is 1.67 bits per heavy atom. The first-order valence-corrected chi connectivity index (χ1v) is 4.12. The van der Waals surface area contributed by atoms with Crippen molar-refractivity contribution >= 4 is 0 Å². The van der Waals surface area contributed by atoms with Crippen molar-refractivity contribution in [2.45, 2.75) is 13.0 Å². The highest BCUT2D eigenvalue weighted by atomic mass is 16.5. The first kappa shape index (κ1) is 7.76. The van der Waals surface area contributed by atoms with E-state index in [1.54, 1.807) is 0 Å². The molecule has 1 aromatic heterocycles. The van der Waals surface area contributed by atoms with Gasteiger partial charge in [0.2, 0.25) is 0 Å². The summed E-state index contributed by atoms with van der Waals surface area (Å²) < 4.78 is 10.6. The Balaban J connectivity index is 2.08. The quantitative estimate of drug-likeness (QED) is 0.668. The molecule has 1 saturated heterocycles. The Hall–Kier alpha value is -0.870. The van der Waals surface area contributed by atoms with Crippen LogP contribution in [0.4, 0.5) is 0 Å². The van der Waals surface area contributed by atoms with E-state index in [1.807, 2.05) is 13.0 Å². The van der Waals surface area contributed by atoms with E-state index in [1.165, 1.54) is 0 Å². The second kappa shape index (κ2) is 3.25. The number of hydrogen-bond acceptors (Lipinski definition) is 4. The van der Waals surface area contributed by atoms with Crippen LogP contribution in [0, 0.1) is 6.92 Å². The lowest BCUT2D eigenvalue weighted by molar-refractivity contribution is 0.0108. The van der Waals surface area contributed by atoms with Crippen LogP contribution in [0.2, 0.25) is 0 Å². The highest BCUT2D eigenvalue weighted by Crippen LogP contribution is 2.18. The lowest BCUT2D eigenvalue weighted by Gasteiger charge is -2.20. The number of aryl methyl sites for hydroxylation is 1. The van der Waals surface area contributed by atoms with E-state index in [-0.39, 0.29) is 6.10 Å². The topological polar surface area (TPSA) is 47.3 Å². The van der Waals surface area contributed by atoms with Crippen molar-refractivity contribution in [3.63, 3.8) is 0 Å². The first-order valence-electron chi connectivity index (χ1n) is 4.12. The minimum atomic E-state index is 0.0416. The van der Waals surface area contributed by atoms with Crippen molar-refractivity contribution in [2.24, 2.45) is 0 Å². The molecule has 1 aliphatic rings. The van der Waals surface area contributed by atoms with Crippen LogP contribution in [0.15, 0.2) is 10.6 Å². The number of ether oxygens (including phenoxy) is 1. The Morgan fingerprint density at radius 3 is 3.17 bits per heavy atom. The second-order valence-corrected chi connectivity index (χ2v) is 2.93. The number of aromatic nitrogens is 1. The maximum absolute atomic E-state index is 5.48. The van der Waals surface area contributed by atoms with E-state index in [4.69, 9.17) is 9.26 Å². The fourth-order valence-corrected chi connectivity index (χ4v) is 1.28. The molecule has 2 heterocycles. The number of rotatable bonds is 1. The van der Waals surface area contributed by atoms with E-state index in [0.717, 1.165) is 31.2 Å². The summed E-state index contributed by atoms with van der Waals surface area (Å²) in [4.78, 5) is 0. The summed E-state index contributed by atoms with van der Waals surface area (Å²) in [5.41, 5.74) is 0.902. The van der Waals surface area contributed by atoms with Crippen LogP contribution in [-0.2, 0) is 4.74 Å². The highest BCUT2D eigenvalue weighted by molar-refractivity contribution is 5.07. The normalized spacial score (nSPS) is 24.2. The predicted octanol–water partition coefficient (Wildman–Crippen LogP) is 0.644. The lowest BCUT2D eigenvalue weighted by Crippen LogP contribution is -2.33. The summed E-state index contributed by atoms with van der Waals surface area (Å²) in [6.07, 6.45) is 0.0416. The van der Waals surface area contributed by atoms with Crippen molar-refractivity contribution < 1.29 is 9.26 Å². The molecule has 0 bridgehead atoms. The van der Waals surface area contributed by atoms with Gasteiger partial charge < -0.3 is 14.6 Å². The zero-order valence-electron chi connectivity index (χ0n) is 7.04. The van der Waals surface area contributed by atoms with Gasteiger partial charge in [-0.25, -0.2) is 0 Å². The molecule has 12 heavy (non-hydrogen) atoms. The summed E-state index contributed by atoms with van der Waals surface area (Å²) in [5, 5.41) is 7.04. The third-order valence-electron chi connectivity index (χ3n) is 1.89. The van der Waals surface area contributed by atoms with Crippen LogP contribution in [0.3, 0.4) is 0 Å². The molecule has 4 heteroatoms. The summed E-state index contributed by atoms with van der Waals surface area (Å²) in [7, 11) is 0. The summed E-state index contributed by atoms with van der Waals surface area (Å²) in [5.74, 6) is 0.819. The molecule has 2 rings (SSSR count). The molecule has 0 aromatic carbocycles. The van der Waals surface area contributed by atoms with Gasteiger partial charge in [0.05, 0.1) is 12.3 Å². The molecule has 0 aliphatic carbocycles. The van der Waals surface area contributed by atoms with Crippen LogP contribution in [0.25, 0.3) is 0 Å². The second-order valence-electron chi connectivity index (χ2n) is 2.93. The van der Waals surface area contributed by atoms with Crippen molar-refractivity contribution in [2.75, 3.05) is 19.7 Å². The van der Waals surface area contributed by atoms with E-state index in [9.17, 15) is 0 Å². The van der Waals surface area contributed by atoms with Crippen molar-refractivity contribution in [1.82, 2.24) is 10.5 Å². The van der Waals surface area contributed by atoms with E-state index in [0.29, 0.717) is 0 Å². The maximum atomic E-state index is 5.48. The zero-order valence-corrected chi connectivity index (χ0v) is 7.04. The Morgan fingerprint density at radius 2 is 2.58 bits per heavy atom. The van der Waals surface area contributed by atoms with Crippen molar-refractivity contribution in [1.29, 1.82) is 0 Å². The Kier molecular flexibility index (Phi) is 2.10. The van der Waals surface area contributed by atoms with Crippen LogP contribution in [-0.4, -0.2) is 24.9 Å². The first-order chi connectivity index (χ1) is 5.86. The Labute approximate surface area is 70.9 Å². The molecule has 0 spiro atoms. The molecule has 1 aromatic rings. The smallest absolute Gasteiger partial charge is 0.167 e. The summed E-state index contributed by atoms with van der Waals surface area (Å²) >= 11 is 0. The average molecular weight is 168 g/mol. The minimum absolute atomic E-state index is 0.0416. The van der Waals surface area contributed by atoms with E-state index in [2.05, 4.69) is 10.5 Å². The van der Waals surface area contributed by atoms with Crippen molar-refractivity contribution in [3.05, 3.63) is 17.5 Å². The number of hydrogen-bond donors (Lipinski definition) is 1. The number of morpholine rings is 1. The molecule has 1 atom stereocenters. The molecule has 0 saturated carbocycles. The predicted molar refractivity (Wildman–Crippen MR) is 42.8 cm³/mol. The van der Waals surface area contributed by atoms with Gasteiger partial charge in [-0.1, -0.05) is 5.16 Å². The summed E-state index contributed by atoms with van der Waals surface area (Å²) in [6, 6.07) is 1.91. The van der Waals surface area contributed by atoms with Crippen LogP contribution in [0.5, 0.6) is 0 Å². The average Bonchev–Trinajstić information content (AvgIpc) is 2.54. The third-order valence-corrected chi connectivity index (χ3v) is 1.89. The zero-order chi connectivity index (χ0) is 8.39. The SMILES string of the molecule is Cc1cc(C2CNCCO2)on1. The molecule has 0 radical (unpaired) electrons. The van der Waals surface area contributed by atoms with E-state index >= 15 is 0 Å². The van der Waals surface area contributed by atoms with Gasteiger partial charge in [0.1, 0.15) is 6.10 Å². The monoisotopic (exact) mass is 168 g/mol. The molecule has 1 aliphatic heterocycles. The largest absolute Gasteiger partial charge is 0.367 e. The molecule has 1 fully saturated rings. The van der Waals surface area contributed by atoms with Crippen LogP contribution in [0.1, 0.15) is 17.6 Å². The van der Waals surface area contributed by atoms with Gasteiger partial charge in [-0.05, 0) is 6.92 Å². The van der Waals surface area contributed by atoms with Gasteiger partial charge in [0, 0.05) is 19.2 Å². The summed E-state index contributed by atoms with van der Waals surface area (Å²) in [6.45, 7) is 4.38. The molecule has 4 nitrogen and oxygen atoms in total. The molecule has 1 N–H and O–H groups in total. The number of nitrogens with zero attached hydrogens (tertiary/aromatic N) is 1.